The number of hydrogen-bond donors (Lipinski definition) is 1. The minimum atomic E-state index is -0.281. The molecule has 1 heterocycles. The first kappa shape index (κ1) is 18.6. The van der Waals surface area contributed by atoms with Crippen molar-refractivity contribution >= 4 is 21.8 Å². The lowest BCUT2D eigenvalue weighted by Crippen LogP contribution is -2.34. The number of hydrogen-bond acceptors (Lipinski definition) is 3. The fraction of sp³-hybridized carbons (Fsp3) is 0.350. The van der Waals surface area contributed by atoms with Gasteiger partial charge in [0.1, 0.15) is 6.54 Å². The molecule has 3 rings (SSSR count). The zero-order valence-electron chi connectivity index (χ0n) is 14.6. The van der Waals surface area contributed by atoms with Gasteiger partial charge in [0.25, 0.3) is 5.56 Å². The summed E-state index contributed by atoms with van der Waals surface area (Å²) >= 11 is 3.40. The molecule has 1 amide bonds. The van der Waals surface area contributed by atoms with Crippen LogP contribution in [-0.4, -0.2) is 22.2 Å². The summed E-state index contributed by atoms with van der Waals surface area (Å²) in [7, 11) is 0. The molecule has 0 saturated carbocycles. The van der Waals surface area contributed by atoms with Gasteiger partial charge in [0.2, 0.25) is 5.91 Å². The Hall–Kier alpha value is -2.21. The topological polar surface area (TPSA) is 64.0 Å². The van der Waals surface area contributed by atoms with Crippen LogP contribution in [0.3, 0.4) is 0 Å². The summed E-state index contributed by atoms with van der Waals surface area (Å²) in [6.07, 6.45) is 7.94. The summed E-state index contributed by atoms with van der Waals surface area (Å²) in [5, 5.41) is 7.21. The van der Waals surface area contributed by atoms with E-state index >= 15 is 0 Å². The first-order chi connectivity index (χ1) is 12.6. The normalized spacial score (nSPS) is 14.0. The maximum Gasteiger partial charge on any atom is 0.267 e. The van der Waals surface area contributed by atoms with Crippen LogP contribution in [0.25, 0.3) is 11.3 Å². The van der Waals surface area contributed by atoms with Crippen molar-refractivity contribution in [3.8, 4) is 11.3 Å². The third-order valence-corrected chi connectivity index (χ3v) is 4.98. The fourth-order valence-electron chi connectivity index (χ4n) is 3.02. The third-order valence-electron chi connectivity index (χ3n) is 4.45. The molecule has 1 N–H and O–H groups in total. The van der Waals surface area contributed by atoms with Gasteiger partial charge in [-0.1, -0.05) is 39.7 Å². The van der Waals surface area contributed by atoms with E-state index in [4.69, 9.17) is 0 Å². The average molecular weight is 416 g/mol. The summed E-state index contributed by atoms with van der Waals surface area (Å²) in [5.41, 5.74) is 2.70. The van der Waals surface area contributed by atoms with Crippen molar-refractivity contribution in [2.75, 3.05) is 6.54 Å². The van der Waals surface area contributed by atoms with E-state index in [1.165, 1.54) is 29.2 Å². The summed E-state index contributed by atoms with van der Waals surface area (Å²) in [6.45, 7) is 0.536. The van der Waals surface area contributed by atoms with Gasteiger partial charge in [-0.3, -0.25) is 9.59 Å². The second-order valence-corrected chi connectivity index (χ2v) is 7.35. The van der Waals surface area contributed by atoms with Gasteiger partial charge in [-0.25, -0.2) is 4.68 Å². The van der Waals surface area contributed by atoms with Crippen molar-refractivity contribution < 1.29 is 4.79 Å². The second kappa shape index (κ2) is 8.94. The maximum absolute atomic E-state index is 12.2. The molecule has 0 spiro atoms. The van der Waals surface area contributed by atoms with Crippen molar-refractivity contribution in [3.05, 3.63) is 62.9 Å². The van der Waals surface area contributed by atoms with Crippen molar-refractivity contribution in [2.24, 2.45) is 0 Å². The van der Waals surface area contributed by atoms with Crippen LogP contribution in [0.2, 0.25) is 0 Å². The van der Waals surface area contributed by atoms with Crippen LogP contribution in [0, 0.1) is 0 Å². The van der Waals surface area contributed by atoms with E-state index in [0.29, 0.717) is 12.2 Å². The Morgan fingerprint density at radius 2 is 1.96 bits per heavy atom. The number of carbonyl (C=O) groups is 1. The lowest BCUT2D eigenvalue weighted by molar-refractivity contribution is -0.121. The second-order valence-electron chi connectivity index (χ2n) is 6.43. The highest BCUT2D eigenvalue weighted by atomic mass is 79.9. The number of carbonyl (C=O) groups excluding carboxylic acids is 1. The standard InChI is InChI=1S/C20H22BrN3O2/c21-17-8-6-16(7-9-17)18-10-11-20(26)24(23-18)14-19(25)22-13-12-15-4-2-1-3-5-15/h4,6-11H,1-3,5,12-14H2,(H,22,25). The van der Waals surface area contributed by atoms with Crippen LogP contribution in [-0.2, 0) is 11.3 Å². The molecule has 0 atom stereocenters. The van der Waals surface area contributed by atoms with E-state index in [0.717, 1.165) is 29.3 Å². The highest BCUT2D eigenvalue weighted by Gasteiger charge is 2.09. The van der Waals surface area contributed by atoms with Crippen LogP contribution in [0.15, 0.2) is 57.3 Å². The van der Waals surface area contributed by atoms with E-state index in [-0.39, 0.29) is 18.0 Å². The van der Waals surface area contributed by atoms with Gasteiger partial charge in [0.15, 0.2) is 0 Å². The number of rotatable bonds is 6. The average Bonchev–Trinajstić information content (AvgIpc) is 2.65. The molecule has 0 radical (unpaired) electrons. The Morgan fingerprint density at radius 3 is 2.69 bits per heavy atom. The van der Waals surface area contributed by atoms with E-state index in [9.17, 15) is 9.59 Å². The maximum atomic E-state index is 12.2. The summed E-state index contributed by atoms with van der Waals surface area (Å²) in [5.74, 6) is -0.191. The molecule has 6 heteroatoms. The van der Waals surface area contributed by atoms with Gasteiger partial charge in [-0.2, -0.15) is 5.10 Å². The number of nitrogens with one attached hydrogen (secondary N) is 1. The lowest BCUT2D eigenvalue weighted by Gasteiger charge is -2.13. The quantitative estimate of drug-likeness (QED) is 0.731. The molecule has 0 saturated heterocycles. The van der Waals surface area contributed by atoms with Crippen molar-refractivity contribution in [3.63, 3.8) is 0 Å². The van der Waals surface area contributed by atoms with Gasteiger partial charge in [-0.05, 0) is 50.3 Å². The van der Waals surface area contributed by atoms with Crippen LogP contribution in [0.4, 0.5) is 0 Å². The highest BCUT2D eigenvalue weighted by Crippen LogP contribution is 2.20. The predicted octanol–water partition coefficient (Wildman–Crippen LogP) is 3.68. The lowest BCUT2D eigenvalue weighted by atomic mass is 9.97. The summed E-state index contributed by atoms with van der Waals surface area (Å²) in [4.78, 5) is 24.2. The highest BCUT2D eigenvalue weighted by molar-refractivity contribution is 9.10. The van der Waals surface area contributed by atoms with Gasteiger partial charge in [-0.15, -0.1) is 0 Å². The minimum Gasteiger partial charge on any atom is -0.354 e. The zero-order chi connectivity index (χ0) is 18.4. The Bertz CT molecular complexity index is 856. The van der Waals surface area contributed by atoms with Crippen LogP contribution in [0.5, 0.6) is 0 Å². The molecular weight excluding hydrogens is 394 g/mol. The number of aromatic nitrogens is 2. The SMILES string of the molecule is O=C(Cn1nc(-c2ccc(Br)cc2)ccc1=O)NCCC1=CCCCC1. The van der Waals surface area contributed by atoms with Crippen LogP contribution >= 0.6 is 15.9 Å². The van der Waals surface area contributed by atoms with Crippen molar-refractivity contribution in [2.45, 2.75) is 38.6 Å². The largest absolute Gasteiger partial charge is 0.354 e. The fourth-order valence-corrected chi connectivity index (χ4v) is 3.29. The number of allylic oxidation sites excluding steroid dienone is 1. The molecule has 1 aromatic carbocycles. The molecule has 26 heavy (non-hydrogen) atoms. The monoisotopic (exact) mass is 415 g/mol. The van der Waals surface area contributed by atoms with Gasteiger partial charge >= 0.3 is 0 Å². The molecule has 1 aliphatic carbocycles. The number of amides is 1. The molecule has 0 unspecified atom stereocenters. The van der Waals surface area contributed by atoms with Gasteiger partial charge < -0.3 is 5.32 Å². The predicted molar refractivity (Wildman–Crippen MR) is 106 cm³/mol. The molecule has 1 aromatic heterocycles. The first-order valence-corrected chi connectivity index (χ1v) is 9.70. The molecule has 2 aromatic rings. The van der Waals surface area contributed by atoms with Gasteiger partial charge in [0, 0.05) is 22.6 Å². The third kappa shape index (κ3) is 5.14. The molecule has 1 aliphatic rings. The van der Waals surface area contributed by atoms with Crippen molar-refractivity contribution in [1.82, 2.24) is 15.1 Å². The van der Waals surface area contributed by atoms with Gasteiger partial charge in [0.05, 0.1) is 5.69 Å². The molecule has 5 nitrogen and oxygen atoms in total. The van der Waals surface area contributed by atoms with Crippen molar-refractivity contribution in [1.29, 1.82) is 0 Å². The summed E-state index contributed by atoms with van der Waals surface area (Å²) in [6, 6.07) is 10.8. The molecule has 0 aliphatic heterocycles. The van der Waals surface area contributed by atoms with Crippen LogP contribution in [0.1, 0.15) is 32.1 Å². The first-order valence-electron chi connectivity index (χ1n) is 8.90. The van der Waals surface area contributed by atoms with E-state index in [1.807, 2.05) is 24.3 Å². The number of nitrogens with zero attached hydrogens (tertiary/aromatic N) is 2. The van der Waals surface area contributed by atoms with E-state index in [2.05, 4.69) is 32.4 Å². The van der Waals surface area contributed by atoms with Crippen LogP contribution < -0.4 is 10.9 Å². The minimum absolute atomic E-state index is 0.0672. The molecule has 0 bridgehead atoms. The molecular formula is C20H22BrN3O2. The molecule has 0 fully saturated rings. The smallest absolute Gasteiger partial charge is 0.267 e. The van der Waals surface area contributed by atoms with E-state index in [1.54, 1.807) is 6.07 Å². The zero-order valence-corrected chi connectivity index (χ0v) is 16.2. The summed E-state index contributed by atoms with van der Waals surface area (Å²) < 4.78 is 2.19. The Morgan fingerprint density at radius 1 is 1.15 bits per heavy atom. The number of benzene rings is 1. The molecule has 136 valence electrons. The Kier molecular flexibility index (Phi) is 6.39. The Balaban J connectivity index is 1.60. The Labute approximate surface area is 161 Å². The van der Waals surface area contributed by atoms with E-state index < -0.39 is 0 Å². The number of halogens is 1.